The second-order valence-corrected chi connectivity index (χ2v) is 10.5. The van der Waals surface area contributed by atoms with Crippen molar-refractivity contribution in [1.82, 2.24) is 9.88 Å². The van der Waals surface area contributed by atoms with E-state index in [4.69, 9.17) is 31.0 Å². The molecule has 0 saturated carbocycles. The summed E-state index contributed by atoms with van der Waals surface area (Å²) in [5.74, 6) is 0.890. The monoisotopic (exact) mass is 550 g/mol. The second kappa shape index (κ2) is 12.6. The number of aromatic nitrogens is 1. The lowest BCUT2D eigenvalue weighted by atomic mass is 9.90. The minimum atomic E-state index is -0.833. The van der Waals surface area contributed by atoms with E-state index in [1.807, 2.05) is 6.07 Å². The van der Waals surface area contributed by atoms with Crippen LogP contribution in [-0.2, 0) is 22.6 Å². The standard InChI is InChI=1S/C25H22N4O3S2.C2H4O2/c26-15-20-24(28-10-8-18(9-11-28)13-17-5-2-1-3-6-17)32-22(27-20)14-21-23(30)29(25(33)34-21)16-19-7-4-12-31-19;1-2(3)4/h1-7,12,14,18H,8-11,13,16H2;1H3,(H,3,4)/b21-14-;. The van der Waals surface area contributed by atoms with Crippen molar-refractivity contribution in [1.29, 1.82) is 5.26 Å². The molecule has 11 heteroatoms. The van der Waals surface area contributed by atoms with Crippen molar-refractivity contribution in [3.8, 4) is 6.07 Å². The van der Waals surface area contributed by atoms with Gasteiger partial charge in [-0.1, -0.05) is 54.3 Å². The molecule has 3 aromatic rings. The van der Waals surface area contributed by atoms with E-state index in [-0.39, 0.29) is 24.0 Å². The van der Waals surface area contributed by atoms with Crippen molar-refractivity contribution < 1.29 is 23.5 Å². The summed E-state index contributed by atoms with van der Waals surface area (Å²) in [5, 5.41) is 17.0. The van der Waals surface area contributed by atoms with Crippen LogP contribution in [0.5, 0.6) is 0 Å². The number of benzene rings is 1. The lowest BCUT2D eigenvalue weighted by molar-refractivity contribution is -0.134. The number of aliphatic carboxylic acids is 1. The van der Waals surface area contributed by atoms with Crippen molar-refractivity contribution in [3.05, 3.63) is 76.5 Å². The zero-order chi connectivity index (χ0) is 27.1. The highest BCUT2D eigenvalue weighted by Gasteiger charge is 2.33. The lowest BCUT2D eigenvalue weighted by Crippen LogP contribution is -2.34. The van der Waals surface area contributed by atoms with Gasteiger partial charge in [0.05, 0.1) is 17.7 Å². The highest BCUT2D eigenvalue weighted by molar-refractivity contribution is 8.26. The molecule has 2 aromatic heterocycles. The third kappa shape index (κ3) is 6.90. The van der Waals surface area contributed by atoms with Gasteiger partial charge in [-0.05, 0) is 42.9 Å². The van der Waals surface area contributed by atoms with Gasteiger partial charge in [0.15, 0.2) is 0 Å². The maximum atomic E-state index is 12.9. The van der Waals surface area contributed by atoms with Crippen LogP contribution in [0.25, 0.3) is 6.08 Å². The van der Waals surface area contributed by atoms with Gasteiger partial charge in [-0.3, -0.25) is 14.5 Å². The summed E-state index contributed by atoms with van der Waals surface area (Å²) in [7, 11) is 0. The van der Waals surface area contributed by atoms with Crippen LogP contribution in [0.4, 0.5) is 5.88 Å². The number of thioether (sulfide) groups is 1. The van der Waals surface area contributed by atoms with E-state index < -0.39 is 5.97 Å². The van der Waals surface area contributed by atoms with Gasteiger partial charge in [0.1, 0.15) is 16.2 Å². The van der Waals surface area contributed by atoms with Crippen LogP contribution < -0.4 is 4.90 Å². The minimum absolute atomic E-state index is 0.230. The molecule has 0 radical (unpaired) electrons. The number of thiocarbonyl (C=S) groups is 1. The number of hydrogen-bond acceptors (Lipinski definition) is 9. The fourth-order valence-corrected chi connectivity index (χ4v) is 5.49. The van der Waals surface area contributed by atoms with E-state index in [2.05, 4.69) is 40.2 Å². The van der Waals surface area contributed by atoms with Crippen molar-refractivity contribution in [3.63, 3.8) is 0 Å². The Morgan fingerprint density at radius 2 is 1.97 bits per heavy atom. The quantitative estimate of drug-likeness (QED) is 0.328. The molecule has 2 aliphatic rings. The zero-order valence-corrected chi connectivity index (χ0v) is 22.3. The first kappa shape index (κ1) is 27.2. The van der Waals surface area contributed by atoms with Crippen LogP contribution in [0.1, 0.15) is 42.7 Å². The first-order valence-electron chi connectivity index (χ1n) is 12.0. The van der Waals surface area contributed by atoms with Crippen molar-refractivity contribution in [2.45, 2.75) is 32.7 Å². The Balaban J connectivity index is 0.000000786. The van der Waals surface area contributed by atoms with Crippen LogP contribution in [0, 0.1) is 17.2 Å². The van der Waals surface area contributed by atoms with Crippen molar-refractivity contribution >= 4 is 52.1 Å². The molecule has 38 heavy (non-hydrogen) atoms. The Morgan fingerprint density at radius 3 is 2.61 bits per heavy atom. The van der Waals surface area contributed by atoms with Crippen LogP contribution in [0.15, 0.2) is 62.5 Å². The summed E-state index contributed by atoms with van der Waals surface area (Å²) in [6.45, 7) is 2.95. The highest BCUT2D eigenvalue weighted by Crippen LogP contribution is 2.35. The Morgan fingerprint density at radius 1 is 1.26 bits per heavy atom. The number of carbonyl (C=O) groups excluding carboxylic acids is 1. The van der Waals surface area contributed by atoms with Gasteiger partial charge >= 0.3 is 0 Å². The molecule has 0 bridgehead atoms. The fourth-order valence-electron chi connectivity index (χ4n) is 4.27. The average Bonchev–Trinajstić information content (AvgIpc) is 3.62. The van der Waals surface area contributed by atoms with Gasteiger partial charge in [-0.2, -0.15) is 10.2 Å². The molecule has 2 fully saturated rings. The first-order chi connectivity index (χ1) is 18.3. The predicted octanol–water partition coefficient (Wildman–Crippen LogP) is 5.09. The molecule has 1 amide bonds. The molecular weight excluding hydrogens is 524 g/mol. The summed E-state index contributed by atoms with van der Waals surface area (Å²) in [4.78, 5) is 30.2. The van der Waals surface area contributed by atoms with E-state index in [1.165, 1.54) is 22.2 Å². The smallest absolute Gasteiger partial charge is 0.300 e. The molecular formula is C27H26N4O5S2. The van der Waals surface area contributed by atoms with Crippen LogP contribution in [0.2, 0.25) is 0 Å². The van der Waals surface area contributed by atoms with E-state index in [0.717, 1.165) is 39.3 Å². The highest BCUT2D eigenvalue weighted by atomic mass is 32.2. The molecule has 2 aliphatic heterocycles. The zero-order valence-electron chi connectivity index (χ0n) is 20.7. The number of piperidine rings is 1. The lowest BCUT2D eigenvalue weighted by Gasteiger charge is -2.31. The van der Waals surface area contributed by atoms with Crippen molar-refractivity contribution in [2.75, 3.05) is 18.0 Å². The maximum Gasteiger partial charge on any atom is 0.300 e. The van der Waals surface area contributed by atoms with Crippen LogP contribution >= 0.6 is 24.0 Å². The van der Waals surface area contributed by atoms with E-state index in [0.29, 0.717) is 26.8 Å². The third-order valence-electron chi connectivity index (χ3n) is 6.02. The SMILES string of the molecule is CC(=O)O.N#Cc1nc(/C=C2\SC(=S)N(Cc3ccco3)C2=O)oc1N1CCC(Cc2ccccc2)CC1. The summed E-state index contributed by atoms with van der Waals surface area (Å²) in [6.07, 6.45) is 6.21. The fraction of sp³-hybridized carbons (Fsp3) is 0.296. The summed E-state index contributed by atoms with van der Waals surface area (Å²) in [5.41, 5.74) is 1.59. The van der Waals surface area contributed by atoms with Gasteiger partial charge < -0.3 is 18.8 Å². The first-order valence-corrected chi connectivity index (χ1v) is 13.2. The van der Waals surface area contributed by atoms with Crippen LogP contribution in [0.3, 0.4) is 0 Å². The molecule has 196 valence electrons. The number of carboxylic acids is 1. The molecule has 2 saturated heterocycles. The Hall–Kier alpha value is -3.88. The van der Waals surface area contributed by atoms with Gasteiger partial charge in [-0.25, -0.2) is 0 Å². The number of carboxylic acid groups (broad SMARTS) is 1. The number of carbonyl (C=O) groups is 2. The summed E-state index contributed by atoms with van der Waals surface area (Å²) in [6, 6.07) is 16.2. The largest absolute Gasteiger partial charge is 0.481 e. The number of oxazole rings is 1. The van der Waals surface area contributed by atoms with Gasteiger partial charge in [-0.15, -0.1) is 0 Å². The molecule has 9 nitrogen and oxygen atoms in total. The van der Waals surface area contributed by atoms with E-state index >= 15 is 0 Å². The second-order valence-electron chi connectivity index (χ2n) is 8.80. The molecule has 0 atom stereocenters. The normalized spacial score (nSPS) is 16.9. The number of furan rings is 1. The van der Waals surface area contributed by atoms with Gasteiger partial charge in [0.2, 0.25) is 17.5 Å². The molecule has 0 unspecified atom stereocenters. The topological polar surface area (TPSA) is 124 Å². The number of hydrogen-bond donors (Lipinski definition) is 1. The number of amides is 1. The van der Waals surface area contributed by atoms with Crippen molar-refractivity contribution in [2.24, 2.45) is 5.92 Å². The predicted molar refractivity (Wildman–Crippen MR) is 147 cm³/mol. The third-order valence-corrected chi connectivity index (χ3v) is 7.40. The van der Waals surface area contributed by atoms with Gasteiger partial charge in [0.25, 0.3) is 11.9 Å². The Kier molecular flexibility index (Phi) is 8.99. The average molecular weight is 551 g/mol. The minimum Gasteiger partial charge on any atom is -0.481 e. The molecule has 1 N–H and O–H groups in total. The summed E-state index contributed by atoms with van der Waals surface area (Å²) >= 11 is 6.56. The summed E-state index contributed by atoms with van der Waals surface area (Å²) < 4.78 is 11.7. The molecule has 0 spiro atoms. The molecule has 1 aromatic carbocycles. The van der Waals surface area contributed by atoms with E-state index in [1.54, 1.807) is 24.5 Å². The number of nitrogens with zero attached hydrogens (tertiary/aromatic N) is 4. The van der Waals surface area contributed by atoms with Crippen LogP contribution in [-0.4, -0.2) is 44.3 Å². The maximum absolute atomic E-state index is 12.9. The molecule has 0 aliphatic carbocycles. The number of rotatable bonds is 6. The number of nitriles is 1. The van der Waals surface area contributed by atoms with E-state index in [9.17, 15) is 10.1 Å². The molecule has 4 heterocycles. The number of anilines is 1. The molecule has 5 rings (SSSR count). The Bertz CT molecular complexity index is 1350. The van der Waals surface area contributed by atoms with Gasteiger partial charge in [0, 0.05) is 26.1 Å². The Labute approximate surface area is 229 Å².